The van der Waals surface area contributed by atoms with Crippen molar-refractivity contribution in [2.24, 2.45) is 11.7 Å². The van der Waals surface area contributed by atoms with Gasteiger partial charge in [0.15, 0.2) is 0 Å². The van der Waals surface area contributed by atoms with Crippen molar-refractivity contribution in [3.8, 4) is 0 Å². The second-order valence-corrected chi connectivity index (χ2v) is 3.55. The van der Waals surface area contributed by atoms with Gasteiger partial charge in [-0.3, -0.25) is 0 Å². The van der Waals surface area contributed by atoms with E-state index < -0.39 is 0 Å². The van der Waals surface area contributed by atoms with E-state index in [1.165, 1.54) is 5.56 Å². The molecule has 1 heterocycles. The van der Waals surface area contributed by atoms with Gasteiger partial charge in [0.05, 0.1) is 13.2 Å². The quantitative estimate of drug-likeness (QED) is 0.757. The van der Waals surface area contributed by atoms with Gasteiger partial charge < -0.3 is 10.5 Å². The molecule has 1 atom stereocenters. The van der Waals surface area contributed by atoms with Gasteiger partial charge in [-0.2, -0.15) is 0 Å². The van der Waals surface area contributed by atoms with Crippen molar-refractivity contribution < 1.29 is 4.74 Å². The number of hydrogen-bond donors (Lipinski definition) is 1. The number of benzene rings is 1. The summed E-state index contributed by atoms with van der Waals surface area (Å²) in [5, 5.41) is 0. The lowest BCUT2D eigenvalue weighted by Crippen LogP contribution is -2.36. The zero-order valence-electron chi connectivity index (χ0n) is 7.65. The summed E-state index contributed by atoms with van der Waals surface area (Å²) < 4.78 is 5.18. The molecule has 1 fully saturated rings. The summed E-state index contributed by atoms with van der Waals surface area (Å²) >= 11 is 0. The van der Waals surface area contributed by atoms with Gasteiger partial charge in [-0.05, 0) is 12.1 Å². The van der Waals surface area contributed by atoms with Crippen LogP contribution in [0.5, 0.6) is 0 Å². The van der Waals surface area contributed by atoms with E-state index >= 15 is 0 Å². The Morgan fingerprint density at radius 3 is 2.46 bits per heavy atom. The molecule has 0 spiro atoms. The van der Waals surface area contributed by atoms with Gasteiger partial charge >= 0.3 is 0 Å². The Labute approximate surface area is 78.7 Å². The first-order valence-corrected chi connectivity index (χ1v) is 4.74. The summed E-state index contributed by atoms with van der Waals surface area (Å²) in [7, 11) is 0. The van der Waals surface area contributed by atoms with E-state index in [0.29, 0.717) is 11.8 Å². The van der Waals surface area contributed by atoms with Crippen molar-refractivity contribution in [1.29, 1.82) is 0 Å². The summed E-state index contributed by atoms with van der Waals surface area (Å²) in [5.41, 5.74) is 7.11. The van der Waals surface area contributed by atoms with Crippen molar-refractivity contribution in [3.63, 3.8) is 0 Å². The Kier molecular flexibility index (Phi) is 2.62. The highest BCUT2D eigenvalue weighted by atomic mass is 16.5. The van der Waals surface area contributed by atoms with Crippen LogP contribution in [0.25, 0.3) is 0 Å². The fourth-order valence-corrected chi connectivity index (χ4v) is 1.79. The molecule has 1 unspecified atom stereocenters. The molecule has 2 heteroatoms. The van der Waals surface area contributed by atoms with E-state index in [1.807, 2.05) is 6.07 Å². The molecule has 1 aromatic rings. The first kappa shape index (κ1) is 8.73. The minimum absolute atomic E-state index is 0.481. The highest BCUT2D eigenvalue weighted by Crippen LogP contribution is 2.28. The molecule has 0 saturated carbocycles. The maximum Gasteiger partial charge on any atom is 0.0522 e. The van der Waals surface area contributed by atoms with Crippen molar-refractivity contribution >= 4 is 0 Å². The molecule has 0 radical (unpaired) electrons. The van der Waals surface area contributed by atoms with Crippen LogP contribution in [0.4, 0.5) is 0 Å². The van der Waals surface area contributed by atoms with Crippen molar-refractivity contribution in [1.82, 2.24) is 0 Å². The molecular formula is C11H15NO. The second kappa shape index (κ2) is 3.90. The first-order valence-electron chi connectivity index (χ1n) is 4.74. The maximum absolute atomic E-state index is 5.76. The molecule has 2 nitrogen and oxygen atoms in total. The highest BCUT2D eigenvalue weighted by Gasteiger charge is 2.28. The van der Waals surface area contributed by atoms with Crippen molar-refractivity contribution in [2.75, 3.05) is 19.8 Å². The molecule has 1 aliphatic rings. The third kappa shape index (κ3) is 1.74. The summed E-state index contributed by atoms with van der Waals surface area (Å²) in [6.45, 7) is 2.46. The molecule has 1 saturated heterocycles. The van der Waals surface area contributed by atoms with Crippen LogP contribution in [0.15, 0.2) is 30.3 Å². The van der Waals surface area contributed by atoms with Gasteiger partial charge in [0.2, 0.25) is 0 Å². The third-order valence-corrected chi connectivity index (χ3v) is 2.71. The lowest BCUT2D eigenvalue weighted by atomic mass is 9.85. The molecule has 1 aromatic carbocycles. The van der Waals surface area contributed by atoms with E-state index in [9.17, 15) is 0 Å². The van der Waals surface area contributed by atoms with E-state index in [-0.39, 0.29) is 0 Å². The van der Waals surface area contributed by atoms with Crippen molar-refractivity contribution in [2.45, 2.75) is 5.92 Å². The number of ether oxygens (including phenoxy) is 1. The average Bonchev–Trinajstić information content (AvgIpc) is 2.12. The van der Waals surface area contributed by atoms with Gasteiger partial charge in [-0.1, -0.05) is 30.3 Å². The Hall–Kier alpha value is -0.860. The lowest BCUT2D eigenvalue weighted by Gasteiger charge is -2.33. The third-order valence-electron chi connectivity index (χ3n) is 2.71. The molecule has 2 N–H and O–H groups in total. The molecule has 0 aromatic heterocycles. The van der Waals surface area contributed by atoms with E-state index in [4.69, 9.17) is 10.5 Å². The van der Waals surface area contributed by atoms with E-state index in [0.717, 1.165) is 19.8 Å². The Bertz CT molecular complexity index is 256. The molecule has 13 heavy (non-hydrogen) atoms. The highest BCUT2D eigenvalue weighted by molar-refractivity contribution is 5.21. The normalized spacial score (nSPS) is 19.5. The van der Waals surface area contributed by atoms with Crippen LogP contribution in [0.3, 0.4) is 0 Å². The molecule has 2 rings (SSSR count). The fraction of sp³-hybridized carbons (Fsp3) is 0.455. The predicted octanol–water partition coefficient (Wildman–Crippen LogP) is 1.38. The summed E-state index contributed by atoms with van der Waals surface area (Å²) in [4.78, 5) is 0. The van der Waals surface area contributed by atoms with Gasteiger partial charge in [0.25, 0.3) is 0 Å². The minimum atomic E-state index is 0.481. The standard InChI is InChI=1S/C11H15NO/c12-6-11(10-7-13-8-10)9-4-2-1-3-5-9/h1-5,10-11H,6-8,12H2. The molecular weight excluding hydrogens is 162 g/mol. The Balaban J connectivity index is 2.12. The van der Waals surface area contributed by atoms with Gasteiger partial charge in [-0.25, -0.2) is 0 Å². The monoisotopic (exact) mass is 177 g/mol. The number of rotatable bonds is 3. The SMILES string of the molecule is NCC(c1ccccc1)C1COC1. The van der Waals surface area contributed by atoms with Crippen LogP contribution in [0.1, 0.15) is 11.5 Å². The smallest absolute Gasteiger partial charge is 0.0522 e. The van der Waals surface area contributed by atoms with Crippen LogP contribution >= 0.6 is 0 Å². The number of hydrogen-bond acceptors (Lipinski definition) is 2. The van der Waals surface area contributed by atoms with Crippen LogP contribution < -0.4 is 5.73 Å². The summed E-state index contributed by atoms with van der Waals surface area (Å²) in [5.74, 6) is 1.11. The zero-order chi connectivity index (χ0) is 9.10. The minimum Gasteiger partial charge on any atom is -0.381 e. The molecule has 1 aliphatic heterocycles. The van der Waals surface area contributed by atoms with Gasteiger partial charge in [0.1, 0.15) is 0 Å². The lowest BCUT2D eigenvalue weighted by molar-refractivity contribution is -0.0437. The Morgan fingerprint density at radius 1 is 1.31 bits per heavy atom. The Morgan fingerprint density at radius 2 is 2.00 bits per heavy atom. The molecule has 0 aliphatic carbocycles. The second-order valence-electron chi connectivity index (χ2n) is 3.55. The predicted molar refractivity (Wildman–Crippen MR) is 52.5 cm³/mol. The van der Waals surface area contributed by atoms with Gasteiger partial charge in [-0.15, -0.1) is 0 Å². The van der Waals surface area contributed by atoms with Gasteiger partial charge in [0, 0.05) is 11.8 Å². The largest absolute Gasteiger partial charge is 0.381 e. The molecule has 70 valence electrons. The maximum atomic E-state index is 5.76. The van der Waals surface area contributed by atoms with Crippen LogP contribution in [-0.4, -0.2) is 19.8 Å². The average molecular weight is 177 g/mol. The first-order chi connectivity index (χ1) is 6.42. The van der Waals surface area contributed by atoms with E-state index in [1.54, 1.807) is 0 Å². The fourth-order valence-electron chi connectivity index (χ4n) is 1.79. The molecule has 0 bridgehead atoms. The number of nitrogens with two attached hydrogens (primary N) is 1. The molecule has 0 amide bonds. The zero-order valence-corrected chi connectivity index (χ0v) is 7.65. The van der Waals surface area contributed by atoms with Crippen LogP contribution in [0.2, 0.25) is 0 Å². The van der Waals surface area contributed by atoms with Crippen molar-refractivity contribution in [3.05, 3.63) is 35.9 Å². The summed E-state index contributed by atoms with van der Waals surface area (Å²) in [6, 6.07) is 10.5. The van der Waals surface area contributed by atoms with E-state index in [2.05, 4.69) is 24.3 Å². The van der Waals surface area contributed by atoms with Crippen LogP contribution in [-0.2, 0) is 4.74 Å². The van der Waals surface area contributed by atoms with Crippen LogP contribution in [0, 0.1) is 5.92 Å². The summed E-state index contributed by atoms with van der Waals surface area (Å²) in [6.07, 6.45) is 0. The topological polar surface area (TPSA) is 35.2 Å².